The Morgan fingerprint density at radius 1 is 0.412 bits per heavy atom. The van der Waals surface area contributed by atoms with Crippen molar-refractivity contribution in [3.05, 3.63) is 119 Å². The lowest BCUT2D eigenvalue weighted by Crippen LogP contribution is -2.21. The second-order valence-electron chi connectivity index (χ2n) is 13.4. The Morgan fingerprint density at radius 2 is 0.745 bits per heavy atom. The van der Waals surface area contributed by atoms with Gasteiger partial charge in [-0.25, -0.2) is 9.59 Å². The molecule has 0 unspecified atom stereocenters. The van der Waals surface area contributed by atoms with Crippen LogP contribution in [-0.4, -0.2) is 17.9 Å². The summed E-state index contributed by atoms with van der Waals surface area (Å²) in [6.07, 6.45) is 18.2. The summed E-state index contributed by atoms with van der Waals surface area (Å²) in [5, 5.41) is 0. The van der Waals surface area contributed by atoms with E-state index < -0.39 is 11.9 Å². The molecule has 0 heterocycles. The molecule has 0 N–H and O–H groups in total. The zero-order valence-electron chi connectivity index (χ0n) is 31.0. The van der Waals surface area contributed by atoms with E-state index >= 15 is 0 Å². The fourth-order valence-electron chi connectivity index (χ4n) is 6.11. The molecule has 3 aromatic carbocycles. The van der Waals surface area contributed by atoms with Crippen molar-refractivity contribution in [2.24, 2.45) is 0 Å². The Morgan fingerprint density at radius 3 is 1.14 bits per heavy atom. The highest BCUT2D eigenvalue weighted by atomic mass is 16.6. The van der Waals surface area contributed by atoms with Crippen molar-refractivity contribution < 1.29 is 28.6 Å². The summed E-state index contributed by atoms with van der Waals surface area (Å²) in [5.74, 6) is -1.35. The molecule has 51 heavy (non-hydrogen) atoms. The molecule has 0 aliphatic heterocycles. The van der Waals surface area contributed by atoms with Crippen LogP contribution in [0.1, 0.15) is 139 Å². The molecule has 0 spiro atoms. The minimum absolute atomic E-state index is 0.0731. The van der Waals surface area contributed by atoms with Gasteiger partial charge in [0.1, 0.15) is 25.4 Å². The first-order valence-corrected chi connectivity index (χ1v) is 19.4. The molecule has 276 valence electrons. The first-order chi connectivity index (χ1) is 25.1. The number of hydrogen-bond acceptors (Lipinski definition) is 6. The van der Waals surface area contributed by atoms with E-state index in [0.29, 0.717) is 25.9 Å². The fraction of sp³-hybridized carbons (Fsp3) is 0.489. The van der Waals surface area contributed by atoms with Crippen molar-refractivity contribution >= 4 is 17.9 Å². The number of rotatable bonds is 27. The number of carbonyl (C=O) groups is 3. The highest BCUT2D eigenvalue weighted by Crippen LogP contribution is 2.25. The van der Waals surface area contributed by atoms with Gasteiger partial charge < -0.3 is 14.2 Å². The lowest BCUT2D eigenvalue weighted by Gasteiger charge is -2.15. The number of hydrogen-bond donors (Lipinski definition) is 0. The Hall–Kier alpha value is -4.19. The molecule has 0 saturated heterocycles. The van der Waals surface area contributed by atoms with Gasteiger partial charge in [0.05, 0.1) is 0 Å². The SMILES string of the molecule is CCCCCCCCCCC(CCCCCCCCCC(=O)OCc1ccccc1)=C(C(=O)OCc1ccccc1)C(=O)OCc1ccccc1. The predicted molar refractivity (Wildman–Crippen MR) is 205 cm³/mol. The molecule has 6 heteroatoms. The van der Waals surface area contributed by atoms with Gasteiger partial charge in [-0.1, -0.05) is 175 Å². The zero-order chi connectivity index (χ0) is 36.2. The molecule has 0 saturated carbocycles. The van der Waals surface area contributed by atoms with Crippen molar-refractivity contribution in [3.63, 3.8) is 0 Å². The molecule has 3 aromatic rings. The highest BCUT2D eigenvalue weighted by molar-refractivity contribution is 6.14. The molecule has 0 aliphatic rings. The summed E-state index contributed by atoms with van der Waals surface area (Å²) >= 11 is 0. The summed E-state index contributed by atoms with van der Waals surface area (Å²) in [7, 11) is 0. The van der Waals surface area contributed by atoms with Crippen molar-refractivity contribution in [2.45, 2.75) is 142 Å². The maximum atomic E-state index is 13.6. The third-order valence-corrected chi connectivity index (χ3v) is 9.12. The molecular formula is C45H60O6. The largest absolute Gasteiger partial charge is 0.461 e. The molecular weight excluding hydrogens is 636 g/mol. The minimum atomic E-state index is -0.603. The van der Waals surface area contributed by atoms with Crippen LogP contribution in [0.15, 0.2) is 102 Å². The molecule has 0 aromatic heterocycles. The maximum absolute atomic E-state index is 13.6. The van der Waals surface area contributed by atoms with E-state index in [2.05, 4.69) is 6.92 Å². The standard InChI is InChI=1S/C45H60O6/c1-2-3-4-5-6-8-11-23-32-41(33-24-12-9-7-10-13-25-34-42(46)49-35-38-26-17-14-18-27-38)43(44(47)50-36-39-28-19-15-20-29-39)45(48)51-37-40-30-21-16-22-31-40/h14-22,26-31H,2-13,23-25,32-37H2,1H3. The van der Waals surface area contributed by atoms with Crippen molar-refractivity contribution in [1.82, 2.24) is 0 Å². The van der Waals surface area contributed by atoms with Gasteiger partial charge in [0.2, 0.25) is 0 Å². The highest BCUT2D eigenvalue weighted by Gasteiger charge is 2.26. The Labute approximate surface area is 307 Å². The first kappa shape index (κ1) is 41.2. The Kier molecular flexibility index (Phi) is 21.5. The topological polar surface area (TPSA) is 78.9 Å². The molecule has 0 atom stereocenters. The van der Waals surface area contributed by atoms with Crippen LogP contribution >= 0.6 is 0 Å². The van der Waals surface area contributed by atoms with Gasteiger partial charge in [-0.05, 0) is 54.4 Å². The van der Waals surface area contributed by atoms with Gasteiger partial charge in [-0.2, -0.15) is 0 Å². The third-order valence-electron chi connectivity index (χ3n) is 9.12. The van der Waals surface area contributed by atoms with Crippen LogP contribution in [0.25, 0.3) is 0 Å². The van der Waals surface area contributed by atoms with Gasteiger partial charge in [0.25, 0.3) is 0 Å². The number of esters is 3. The van der Waals surface area contributed by atoms with E-state index in [1.165, 1.54) is 32.1 Å². The summed E-state index contributed by atoms with van der Waals surface area (Å²) in [6.45, 7) is 2.76. The van der Waals surface area contributed by atoms with Crippen LogP contribution in [0.4, 0.5) is 0 Å². The van der Waals surface area contributed by atoms with E-state index in [4.69, 9.17) is 14.2 Å². The second kappa shape index (κ2) is 26.6. The van der Waals surface area contributed by atoms with Crippen molar-refractivity contribution in [2.75, 3.05) is 0 Å². The van der Waals surface area contributed by atoms with E-state index in [1.54, 1.807) is 0 Å². The first-order valence-electron chi connectivity index (χ1n) is 19.4. The number of carbonyl (C=O) groups excluding carboxylic acids is 3. The maximum Gasteiger partial charge on any atom is 0.345 e. The van der Waals surface area contributed by atoms with Gasteiger partial charge in [-0.15, -0.1) is 0 Å². The number of unbranched alkanes of at least 4 members (excludes halogenated alkanes) is 13. The van der Waals surface area contributed by atoms with Crippen molar-refractivity contribution in [1.29, 1.82) is 0 Å². The minimum Gasteiger partial charge on any atom is -0.461 e. The average molecular weight is 697 g/mol. The summed E-state index contributed by atoms with van der Waals surface area (Å²) in [4.78, 5) is 39.4. The fourth-order valence-corrected chi connectivity index (χ4v) is 6.11. The van der Waals surface area contributed by atoms with E-state index in [-0.39, 0.29) is 24.8 Å². The normalized spacial score (nSPS) is 10.8. The van der Waals surface area contributed by atoms with E-state index in [1.807, 2.05) is 91.0 Å². The monoisotopic (exact) mass is 696 g/mol. The summed E-state index contributed by atoms with van der Waals surface area (Å²) < 4.78 is 16.9. The molecule has 0 radical (unpaired) electrons. The van der Waals surface area contributed by atoms with Crippen LogP contribution in [0.2, 0.25) is 0 Å². The van der Waals surface area contributed by atoms with Crippen LogP contribution in [0, 0.1) is 0 Å². The Balaban J connectivity index is 1.53. The zero-order valence-corrected chi connectivity index (χ0v) is 31.0. The van der Waals surface area contributed by atoms with Crippen molar-refractivity contribution in [3.8, 4) is 0 Å². The number of allylic oxidation sites excluding steroid dienone is 1. The van der Waals surface area contributed by atoms with Gasteiger partial charge in [0, 0.05) is 6.42 Å². The summed E-state index contributed by atoms with van der Waals surface area (Å²) in [5.41, 5.74) is 3.67. The average Bonchev–Trinajstić information content (AvgIpc) is 3.16. The van der Waals surface area contributed by atoms with Gasteiger partial charge in [0.15, 0.2) is 0 Å². The van der Waals surface area contributed by atoms with E-state index in [9.17, 15) is 14.4 Å². The quantitative estimate of drug-likeness (QED) is 0.0197. The van der Waals surface area contributed by atoms with Crippen LogP contribution in [-0.2, 0) is 48.4 Å². The van der Waals surface area contributed by atoms with Crippen LogP contribution in [0.3, 0.4) is 0 Å². The predicted octanol–water partition coefficient (Wildman–Crippen LogP) is 11.6. The van der Waals surface area contributed by atoms with Gasteiger partial charge >= 0.3 is 17.9 Å². The third kappa shape index (κ3) is 18.6. The lowest BCUT2D eigenvalue weighted by molar-refractivity contribution is -0.149. The van der Waals surface area contributed by atoms with E-state index in [0.717, 1.165) is 86.5 Å². The summed E-state index contributed by atoms with van der Waals surface area (Å²) in [6, 6.07) is 28.8. The molecule has 0 bridgehead atoms. The second-order valence-corrected chi connectivity index (χ2v) is 13.4. The van der Waals surface area contributed by atoms with Crippen LogP contribution in [0.5, 0.6) is 0 Å². The Bertz CT molecular complexity index is 1340. The number of ether oxygens (including phenoxy) is 3. The van der Waals surface area contributed by atoms with Gasteiger partial charge in [-0.3, -0.25) is 4.79 Å². The molecule has 3 rings (SSSR count). The lowest BCUT2D eigenvalue weighted by atomic mass is 9.95. The molecule has 6 nitrogen and oxygen atoms in total. The smallest absolute Gasteiger partial charge is 0.345 e. The molecule has 0 fully saturated rings. The van der Waals surface area contributed by atoms with Crippen LogP contribution < -0.4 is 0 Å². The molecule has 0 aliphatic carbocycles. The molecule has 0 amide bonds. The number of benzene rings is 3.